The molecule has 0 bridgehead atoms. The fraction of sp³-hybridized carbons (Fsp3) is 0.571. The van der Waals surface area contributed by atoms with E-state index in [-0.39, 0.29) is 6.04 Å². The first-order valence-corrected chi connectivity index (χ1v) is 6.66. The van der Waals surface area contributed by atoms with Gasteiger partial charge >= 0.3 is 0 Å². The van der Waals surface area contributed by atoms with Crippen LogP contribution in [0.1, 0.15) is 31.4 Å². The van der Waals surface area contributed by atoms with E-state index < -0.39 is 0 Å². The van der Waals surface area contributed by atoms with E-state index in [1.807, 2.05) is 18.2 Å². The van der Waals surface area contributed by atoms with Crippen LogP contribution in [-0.4, -0.2) is 27.4 Å². The molecule has 1 rings (SSSR count). The van der Waals surface area contributed by atoms with Crippen molar-refractivity contribution in [3.63, 3.8) is 0 Å². The Morgan fingerprint density at radius 1 is 1.33 bits per heavy atom. The van der Waals surface area contributed by atoms with Crippen molar-refractivity contribution in [3.05, 3.63) is 28.8 Å². The first-order chi connectivity index (χ1) is 8.72. The summed E-state index contributed by atoms with van der Waals surface area (Å²) in [6, 6.07) is 6.07. The SMILES string of the molecule is CCNC(CCCOC)c1ccc(Cl)cc1OC. The Morgan fingerprint density at radius 3 is 2.72 bits per heavy atom. The van der Waals surface area contributed by atoms with E-state index in [4.69, 9.17) is 21.1 Å². The normalized spacial score (nSPS) is 12.4. The van der Waals surface area contributed by atoms with Crippen LogP contribution in [0.4, 0.5) is 0 Å². The number of ether oxygens (including phenoxy) is 2. The average Bonchev–Trinajstić information content (AvgIpc) is 2.38. The van der Waals surface area contributed by atoms with Crippen molar-refractivity contribution in [2.75, 3.05) is 27.4 Å². The zero-order valence-electron chi connectivity index (χ0n) is 11.3. The van der Waals surface area contributed by atoms with Gasteiger partial charge < -0.3 is 14.8 Å². The van der Waals surface area contributed by atoms with Gasteiger partial charge in [0.25, 0.3) is 0 Å². The highest BCUT2D eigenvalue weighted by Gasteiger charge is 2.15. The molecular weight excluding hydrogens is 250 g/mol. The van der Waals surface area contributed by atoms with Gasteiger partial charge in [0.05, 0.1) is 7.11 Å². The van der Waals surface area contributed by atoms with Crippen LogP contribution in [0, 0.1) is 0 Å². The van der Waals surface area contributed by atoms with Crippen LogP contribution in [0.15, 0.2) is 18.2 Å². The van der Waals surface area contributed by atoms with Crippen molar-refractivity contribution in [1.82, 2.24) is 5.32 Å². The lowest BCUT2D eigenvalue weighted by molar-refractivity contribution is 0.188. The standard InChI is InChI=1S/C14H22ClNO2/c1-4-16-13(6-5-9-17-2)12-8-7-11(15)10-14(12)18-3/h7-8,10,13,16H,4-6,9H2,1-3H3. The summed E-state index contributed by atoms with van der Waals surface area (Å²) in [5.41, 5.74) is 1.15. The van der Waals surface area contributed by atoms with Crippen molar-refractivity contribution in [2.24, 2.45) is 0 Å². The molecule has 0 aromatic heterocycles. The van der Waals surface area contributed by atoms with Crippen LogP contribution in [0.5, 0.6) is 5.75 Å². The second kappa shape index (κ2) is 8.35. The molecule has 1 aromatic carbocycles. The van der Waals surface area contributed by atoms with E-state index in [1.54, 1.807) is 14.2 Å². The third-order valence-corrected chi connectivity index (χ3v) is 3.10. The van der Waals surface area contributed by atoms with Gasteiger partial charge in [-0.25, -0.2) is 0 Å². The van der Waals surface area contributed by atoms with Crippen LogP contribution >= 0.6 is 11.6 Å². The van der Waals surface area contributed by atoms with Crippen molar-refractivity contribution in [2.45, 2.75) is 25.8 Å². The minimum atomic E-state index is 0.275. The van der Waals surface area contributed by atoms with E-state index >= 15 is 0 Å². The Morgan fingerprint density at radius 2 is 2.11 bits per heavy atom. The summed E-state index contributed by atoms with van der Waals surface area (Å²) in [5, 5.41) is 4.17. The highest BCUT2D eigenvalue weighted by atomic mass is 35.5. The molecule has 0 aliphatic heterocycles. The zero-order chi connectivity index (χ0) is 13.4. The van der Waals surface area contributed by atoms with Crippen LogP contribution in [0.25, 0.3) is 0 Å². The molecule has 1 atom stereocenters. The fourth-order valence-electron chi connectivity index (χ4n) is 2.02. The Labute approximate surface area is 114 Å². The van der Waals surface area contributed by atoms with Crippen LogP contribution < -0.4 is 10.1 Å². The number of rotatable bonds is 8. The van der Waals surface area contributed by atoms with Crippen molar-refractivity contribution >= 4 is 11.6 Å². The number of halogens is 1. The van der Waals surface area contributed by atoms with Crippen molar-refractivity contribution in [1.29, 1.82) is 0 Å². The highest BCUT2D eigenvalue weighted by molar-refractivity contribution is 6.30. The third-order valence-electron chi connectivity index (χ3n) is 2.86. The Bertz CT molecular complexity index is 358. The summed E-state index contributed by atoms with van der Waals surface area (Å²) >= 11 is 5.98. The molecule has 0 saturated heterocycles. The quantitative estimate of drug-likeness (QED) is 0.735. The maximum absolute atomic E-state index is 5.98. The van der Waals surface area contributed by atoms with Gasteiger partial charge in [-0.3, -0.25) is 0 Å². The molecule has 18 heavy (non-hydrogen) atoms. The van der Waals surface area contributed by atoms with Crippen LogP contribution in [0.3, 0.4) is 0 Å². The zero-order valence-corrected chi connectivity index (χ0v) is 12.1. The smallest absolute Gasteiger partial charge is 0.125 e. The molecule has 1 aromatic rings. The van der Waals surface area contributed by atoms with Gasteiger partial charge in [-0.2, -0.15) is 0 Å². The topological polar surface area (TPSA) is 30.5 Å². The molecule has 0 spiro atoms. The summed E-state index contributed by atoms with van der Waals surface area (Å²) in [6.07, 6.45) is 2.03. The van der Waals surface area contributed by atoms with Gasteiger partial charge in [-0.1, -0.05) is 24.6 Å². The first kappa shape index (κ1) is 15.3. The number of benzene rings is 1. The second-order valence-electron chi connectivity index (χ2n) is 4.13. The number of hydrogen-bond acceptors (Lipinski definition) is 3. The van der Waals surface area contributed by atoms with Crippen LogP contribution in [0.2, 0.25) is 5.02 Å². The summed E-state index contributed by atoms with van der Waals surface area (Å²) in [6.45, 7) is 3.80. The third kappa shape index (κ3) is 4.48. The summed E-state index contributed by atoms with van der Waals surface area (Å²) in [5.74, 6) is 0.839. The molecule has 1 unspecified atom stereocenters. The molecule has 0 amide bonds. The number of nitrogens with one attached hydrogen (secondary N) is 1. The summed E-state index contributed by atoms with van der Waals surface area (Å²) < 4.78 is 10.5. The van der Waals surface area contributed by atoms with Gasteiger partial charge in [-0.05, 0) is 31.5 Å². The molecule has 0 aliphatic carbocycles. The van der Waals surface area contributed by atoms with Crippen molar-refractivity contribution in [3.8, 4) is 5.75 Å². The largest absolute Gasteiger partial charge is 0.496 e. The Hall–Kier alpha value is -0.770. The maximum Gasteiger partial charge on any atom is 0.125 e. The molecule has 0 radical (unpaired) electrons. The molecule has 0 fully saturated rings. The molecule has 0 saturated carbocycles. The predicted octanol–water partition coefficient (Wildman–Crippen LogP) is 3.43. The van der Waals surface area contributed by atoms with Gasteiger partial charge in [0, 0.05) is 30.3 Å². The average molecular weight is 272 g/mol. The predicted molar refractivity (Wildman–Crippen MR) is 75.5 cm³/mol. The number of methoxy groups -OCH3 is 2. The maximum atomic E-state index is 5.98. The molecule has 4 heteroatoms. The molecule has 0 heterocycles. The second-order valence-corrected chi connectivity index (χ2v) is 4.57. The van der Waals surface area contributed by atoms with Crippen LogP contribution in [-0.2, 0) is 4.74 Å². The molecular formula is C14H22ClNO2. The highest BCUT2D eigenvalue weighted by Crippen LogP contribution is 2.30. The monoisotopic (exact) mass is 271 g/mol. The van der Waals surface area contributed by atoms with Gasteiger partial charge in [0.1, 0.15) is 5.75 Å². The van der Waals surface area contributed by atoms with E-state index in [0.29, 0.717) is 5.02 Å². The van der Waals surface area contributed by atoms with Gasteiger partial charge in [0.15, 0.2) is 0 Å². The lowest BCUT2D eigenvalue weighted by Gasteiger charge is -2.20. The fourth-order valence-corrected chi connectivity index (χ4v) is 2.18. The molecule has 3 nitrogen and oxygen atoms in total. The first-order valence-electron chi connectivity index (χ1n) is 6.28. The Balaban J connectivity index is 2.83. The summed E-state index contributed by atoms with van der Waals surface area (Å²) in [4.78, 5) is 0. The molecule has 102 valence electrons. The lowest BCUT2D eigenvalue weighted by Crippen LogP contribution is -2.21. The van der Waals surface area contributed by atoms with Gasteiger partial charge in [0.2, 0.25) is 0 Å². The number of hydrogen-bond donors (Lipinski definition) is 1. The minimum absolute atomic E-state index is 0.275. The van der Waals surface area contributed by atoms with Crippen molar-refractivity contribution < 1.29 is 9.47 Å². The van der Waals surface area contributed by atoms with Gasteiger partial charge in [-0.15, -0.1) is 0 Å². The minimum Gasteiger partial charge on any atom is -0.496 e. The van der Waals surface area contributed by atoms with E-state index in [2.05, 4.69) is 12.2 Å². The molecule has 0 aliphatic rings. The lowest BCUT2D eigenvalue weighted by atomic mass is 10.0. The molecule has 1 N–H and O–H groups in total. The van der Waals surface area contributed by atoms with E-state index in [1.165, 1.54) is 0 Å². The summed E-state index contributed by atoms with van der Waals surface area (Å²) in [7, 11) is 3.40. The van der Waals surface area contributed by atoms with E-state index in [0.717, 1.165) is 37.3 Å². The van der Waals surface area contributed by atoms with E-state index in [9.17, 15) is 0 Å². The Kier molecular flexibility index (Phi) is 7.09.